The van der Waals surface area contributed by atoms with Gasteiger partial charge in [-0.25, -0.2) is 4.98 Å². The lowest BCUT2D eigenvalue weighted by Crippen LogP contribution is -2.09. The molecule has 2 aromatic rings. The second-order valence-corrected chi connectivity index (χ2v) is 5.20. The Bertz CT molecular complexity index is 731. The Morgan fingerprint density at radius 3 is 2.86 bits per heavy atom. The molecule has 0 bridgehead atoms. The summed E-state index contributed by atoms with van der Waals surface area (Å²) in [6, 6.07) is 6.11. The first-order chi connectivity index (χ1) is 9.99. The van der Waals surface area contributed by atoms with Gasteiger partial charge < -0.3 is 10.4 Å². The van der Waals surface area contributed by atoms with Gasteiger partial charge in [0.1, 0.15) is 5.69 Å². The number of thioether (sulfide) groups is 1. The highest BCUT2D eigenvalue weighted by molar-refractivity contribution is 7.98. The van der Waals surface area contributed by atoms with E-state index in [1.807, 2.05) is 0 Å². The molecule has 0 saturated carbocycles. The van der Waals surface area contributed by atoms with Crippen LogP contribution in [0.25, 0.3) is 0 Å². The van der Waals surface area contributed by atoms with Crippen LogP contribution in [-0.2, 0) is 5.75 Å². The SMILES string of the molecule is Cc1cc(=O)[nH]c(SCc2ccc(NN)c([N+](=O)[O-])c2)n1. The minimum absolute atomic E-state index is 0.0960. The fourth-order valence-electron chi connectivity index (χ4n) is 1.71. The van der Waals surface area contributed by atoms with Gasteiger partial charge in [0, 0.05) is 23.6 Å². The molecule has 1 aromatic carbocycles. The number of benzene rings is 1. The van der Waals surface area contributed by atoms with Crippen LogP contribution in [0.1, 0.15) is 11.3 Å². The lowest BCUT2D eigenvalue weighted by Gasteiger charge is -2.05. The predicted molar refractivity (Wildman–Crippen MR) is 80.1 cm³/mol. The largest absolute Gasteiger partial charge is 0.318 e. The van der Waals surface area contributed by atoms with Gasteiger partial charge in [-0.05, 0) is 18.6 Å². The number of nitrogens with zero attached hydrogens (tertiary/aromatic N) is 2. The van der Waals surface area contributed by atoms with Crippen molar-refractivity contribution < 1.29 is 4.92 Å². The molecule has 8 nitrogen and oxygen atoms in total. The normalized spacial score (nSPS) is 10.4. The molecular formula is C12H13N5O3S. The molecule has 0 spiro atoms. The number of nitrogens with one attached hydrogen (secondary N) is 2. The molecule has 0 aliphatic heterocycles. The maximum atomic E-state index is 11.3. The minimum Gasteiger partial charge on any atom is -0.318 e. The number of nitro benzene ring substituents is 1. The van der Waals surface area contributed by atoms with E-state index >= 15 is 0 Å². The van der Waals surface area contributed by atoms with Crippen LogP contribution in [0.4, 0.5) is 11.4 Å². The van der Waals surface area contributed by atoms with Crippen LogP contribution < -0.4 is 16.8 Å². The number of H-pyrrole nitrogens is 1. The summed E-state index contributed by atoms with van der Waals surface area (Å²) >= 11 is 1.29. The van der Waals surface area contributed by atoms with Crippen LogP contribution in [-0.4, -0.2) is 14.9 Å². The molecule has 1 aromatic heterocycles. The first-order valence-corrected chi connectivity index (χ1v) is 6.93. The molecule has 0 aliphatic carbocycles. The summed E-state index contributed by atoms with van der Waals surface area (Å²) in [7, 11) is 0. The van der Waals surface area contributed by atoms with E-state index in [-0.39, 0.29) is 16.9 Å². The summed E-state index contributed by atoms with van der Waals surface area (Å²) in [5.74, 6) is 5.67. The zero-order valence-electron chi connectivity index (χ0n) is 11.1. The van der Waals surface area contributed by atoms with E-state index in [0.717, 1.165) is 5.56 Å². The summed E-state index contributed by atoms with van der Waals surface area (Å²) in [5.41, 5.74) is 3.56. The summed E-state index contributed by atoms with van der Waals surface area (Å²) in [4.78, 5) is 28.6. The number of nitrogens with two attached hydrogens (primary N) is 1. The fourth-order valence-corrected chi connectivity index (χ4v) is 2.58. The van der Waals surface area contributed by atoms with E-state index in [2.05, 4.69) is 15.4 Å². The van der Waals surface area contributed by atoms with Crippen molar-refractivity contribution in [3.8, 4) is 0 Å². The zero-order valence-corrected chi connectivity index (χ0v) is 11.9. The second-order valence-electron chi connectivity index (χ2n) is 4.23. The Morgan fingerprint density at radius 1 is 1.48 bits per heavy atom. The Morgan fingerprint density at radius 2 is 2.24 bits per heavy atom. The van der Waals surface area contributed by atoms with E-state index in [0.29, 0.717) is 16.6 Å². The monoisotopic (exact) mass is 307 g/mol. The first-order valence-electron chi connectivity index (χ1n) is 5.94. The van der Waals surface area contributed by atoms with Crippen LogP contribution in [0.3, 0.4) is 0 Å². The zero-order chi connectivity index (χ0) is 15.4. The minimum atomic E-state index is -0.504. The number of hydrogen-bond acceptors (Lipinski definition) is 7. The van der Waals surface area contributed by atoms with E-state index in [4.69, 9.17) is 5.84 Å². The highest BCUT2D eigenvalue weighted by Gasteiger charge is 2.14. The maximum absolute atomic E-state index is 11.3. The third kappa shape index (κ3) is 3.80. The number of hydrazine groups is 1. The van der Waals surface area contributed by atoms with Gasteiger partial charge in [0.05, 0.1) is 4.92 Å². The average molecular weight is 307 g/mol. The number of rotatable bonds is 5. The Balaban J connectivity index is 2.18. The molecule has 0 unspecified atom stereocenters. The van der Waals surface area contributed by atoms with E-state index in [1.54, 1.807) is 19.1 Å². The van der Waals surface area contributed by atoms with Gasteiger partial charge in [-0.1, -0.05) is 17.8 Å². The number of aromatic amines is 1. The van der Waals surface area contributed by atoms with Crippen LogP contribution >= 0.6 is 11.8 Å². The summed E-state index contributed by atoms with van der Waals surface area (Å²) < 4.78 is 0. The van der Waals surface area contributed by atoms with E-state index in [1.165, 1.54) is 23.9 Å². The van der Waals surface area contributed by atoms with Crippen molar-refractivity contribution in [1.82, 2.24) is 9.97 Å². The molecule has 0 fully saturated rings. The Kier molecular flexibility index (Phi) is 4.55. The van der Waals surface area contributed by atoms with Gasteiger partial charge in [0.2, 0.25) is 0 Å². The highest BCUT2D eigenvalue weighted by Crippen LogP contribution is 2.27. The predicted octanol–water partition coefficient (Wildman–Crippen LogP) is 1.56. The lowest BCUT2D eigenvalue weighted by atomic mass is 10.2. The van der Waals surface area contributed by atoms with Gasteiger partial charge in [-0.15, -0.1) is 0 Å². The third-order valence-electron chi connectivity index (χ3n) is 2.64. The van der Waals surface area contributed by atoms with Gasteiger partial charge in [-0.2, -0.15) is 0 Å². The lowest BCUT2D eigenvalue weighted by molar-refractivity contribution is -0.384. The Hall–Kier alpha value is -2.39. The van der Waals surface area contributed by atoms with Gasteiger partial charge in [0.15, 0.2) is 5.16 Å². The van der Waals surface area contributed by atoms with E-state index in [9.17, 15) is 14.9 Å². The molecule has 0 amide bonds. The van der Waals surface area contributed by atoms with Crippen molar-refractivity contribution in [1.29, 1.82) is 0 Å². The fraction of sp³-hybridized carbons (Fsp3) is 0.167. The molecule has 0 atom stereocenters. The number of aromatic nitrogens is 2. The second kappa shape index (κ2) is 6.37. The van der Waals surface area contributed by atoms with Crippen molar-refractivity contribution in [3.63, 3.8) is 0 Å². The standard InChI is InChI=1S/C12H13N5O3S/c1-7-4-11(18)15-12(14-7)21-6-8-2-3-9(16-13)10(5-8)17(19)20/h2-5,16H,6,13H2,1H3,(H,14,15,18). The molecule has 0 aliphatic rings. The van der Waals surface area contributed by atoms with Crippen molar-refractivity contribution >= 4 is 23.1 Å². The molecule has 21 heavy (non-hydrogen) atoms. The van der Waals surface area contributed by atoms with Crippen LogP contribution in [0.15, 0.2) is 34.2 Å². The quantitative estimate of drug-likeness (QED) is 0.251. The summed E-state index contributed by atoms with van der Waals surface area (Å²) in [5, 5.41) is 11.4. The topological polar surface area (TPSA) is 127 Å². The molecule has 1 heterocycles. The van der Waals surface area contributed by atoms with Crippen molar-refractivity contribution in [2.75, 3.05) is 5.43 Å². The Labute approximate surface area is 123 Å². The number of hydrogen-bond donors (Lipinski definition) is 3. The van der Waals surface area contributed by atoms with Crippen molar-refractivity contribution in [3.05, 3.63) is 56.0 Å². The third-order valence-corrected chi connectivity index (χ3v) is 3.58. The maximum Gasteiger partial charge on any atom is 0.293 e. The molecular weight excluding hydrogens is 294 g/mol. The van der Waals surface area contributed by atoms with E-state index < -0.39 is 4.92 Å². The number of aryl methyl sites for hydroxylation is 1. The molecule has 0 saturated heterocycles. The van der Waals surface area contributed by atoms with Crippen molar-refractivity contribution in [2.45, 2.75) is 17.8 Å². The van der Waals surface area contributed by atoms with Gasteiger partial charge in [0.25, 0.3) is 11.2 Å². The van der Waals surface area contributed by atoms with Crippen molar-refractivity contribution in [2.24, 2.45) is 5.84 Å². The van der Waals surface area contributed by atoms with Gasteiger partial charge >= 0.3 is 0 Å². The molecule has 9 heteroatoms. The smallest absolute Gasteiger partial charge is 0.293 e. The van der Waals surface area contributed by atoms with Crippen LogP contribution in [0.2, 0.25) is 0 Å². The number of nitro groups is 1. The van der Waals surface area contributed by atoms with Crippen LogP contribution in [0.5, 0.6) is 0 Å². The van der Waals surface area contributed by atoms with Gasteiger partial charge in [-0.3, -0.25) is 20.8 Å². The van der Waals surface area contributed by atoms with Crippen LogP contribution in [0, 0.1) is 17.0 Å². The first kappa shape index (κ1) is 15.0. The number of anilines is 1. The highest BCUT2D eigenvalue weighted by atomic mass is 32.2. The summed E-state index contributed by atoms with van der Waals surface area (Å²) in [6.07, 6.45) is 0. The average Bonchev–Trinajstić information content (AvgIpc) is 2.43. The molecule has 4 N–H and O–H groups in total. The molecule has 0 radical (unpaired) electrons. The molecule has 110 valence electrons. The molecule has 2 rings (SSSR count). The number of nitrogen functional groups attached to an aromatic ring is 1. The summed E-state index contributed by atoms with van der Waals surface area (Å²) in [6.45, 7) is 1.73.